The Morgan fingerprint density at radius 3 is 2.38 bits per heavy atom. The van der Waals surface area contributed by atoms with E-state index in [1.807, 2.05) is 20.8 Å². The smallest absolute Gasteiger partial charge is 0.410 e. The van der Waals surface area contributed by atoms with Crippen LogP contribution in [0.5, 0.6) is 0 Å². The van der Waals surface area contributed by atoms with E-state index >= 15 is 0 Å². The highest BCUT2D eigenvalue weighted by Gasteiger charge is 2.37. The van der Waals surface area contributed by atoms with Crippen LogP contribution in [-0.2, 0) is 14.3 Å². The zero-order valence-corrected chi connectivity index (χ0v) is 13.3. The van der Waals surface area contributed by atoms with E-state index in [4.69, 9.17) is 9.47 Å². The minimum Gasteiger partial charge on any atom is -0.444 e. The SMILES string of the molecule is CC(C)(C)OC(=O)N1CCCC[C@H]1C(=O)N1CCOCC1. The summed E-state index contributed by atoms with van der Waals surface area (Å²) in [5.41, 5.74) is -0.541. The van der Waals surface area contributed by atoms with E-state index in [0.717, 1.165) is 19.3 Å². The highest BCUT2D eigenvalue weighted by molar-refractivity contribution is 5.86. The molecule has 0 aromatic heterocycles. The molecule has 6 nitrogen and oxygen atoms in total. The number of carbonyl (C=O) groups is 2. The van der Waals surface area contributed by atoms with Crippen molar-refractivity contribution in [1.29, 1.82) is 0 Å². The van der Waals surface area contributed by atoms with Crippen LogP contribution < -0.4 is 0 Å². The van der Waals surface area contributed by atoms with Crippen LogP contribution in [0.25, 0.3) is 0 Å². The van der Waals surface area contributed by atoms with E-state index in [1.165, 1.54) is 0 Å². The highest BCUT2D eigenvalue weighted by atomic mass is 16.6. The number of amides is 2. The van der Waals surface area contributed by atoms with Crippen LogP contribution in [0.1, 0.15) is 40.0 Å². The van der Waals surface area contributed by atoms with Gasteiger partial charge in [0.2, 0.25) is 5.91 Å². The predicted molar refractivity (Wildman–Crippen MR) is 78.0 cm³/mol. The lowest BCUT2D eigenvalue weighted by Gasteiger charge is -2.39. The molecule has 2 rings (SSSR count). The molecule has 0 aromatic carbocycles. The quantitative estimate of drug-likeness (QED) is 0.738. The van der Waals surface area contributed by atoms with E-state index in [0.29, 0.717) is 32.8 Å². The van der Waals surface area contributed by atoms with Crippen LogP contribution in [0.3, 0.4) is 0 Å². The van der Waals surface area contributed by atoms with Gasteiger partial charge in [0.25, 0.3) is 0 Å². The molecule has 0 aromatic rings. The number of nitrogens with zero attached hydrogens (tertiary/aromatic N) is 2. The molecule has 21 heavy (non-hydrogen) atoms. The zero-order valence-electron chi connectivity index (χ0n) is 13.3. The zero-order chi connectivity index (χ0) is 15.5. The average molecular weight is 298 g/mol. The van der Waals surface area contributed by atoms with Gasteiger partial charge in [0.15, 0.2) is 0 Å². The summed E-state index contributed by atoms with van der Waals surface area (Å²) in [6.07, 6.45) is 2.23. The number of carbonyl (C=O) groups excluding carboxylic acids is 2. The number of piperidine rings is 1. The summed E-state index contributed by atoms with van der Waals surface area (Å²) in [6.45, 7) is 8.48. The summed E-state index contributed by atoms with van der Waals surface area (Å²) in [4.78, 5) is 28.4. The van der Waals surface area contributed by atoms with Crippen LogP contribution in [0.4, 0.5) is 4.79 Å². The third-order valence-corrected chi connectivity index (χ3v) is 3.74. The van der Waals surface area contributed by atoms with Gasteiger partial charge in [0.05, 0.1) is 13.2 Å². The van der Waals surface area contributed by atoms with Crippen molar-refractivity contribution in [1.82, 2.24) is 9.80 Å². The molecule has 6 heteroatoms. The molecular formula is C15H26N2O4. The minimum absolute atomic E-state index is 0.0314. The molecule has 0 radical (unpaired) electrons. The molecule has 2 amide bonds. The lowest BCUT2D eigenvalue weighted by molar-refractivity contribution is -0.142. The van der Waals surface area contributed by atoms with Crippen molar-refractivity contribution < 1.29 is 19.1 Å². The van der Waals surface area contributed by atoms with Crippen molar-refractivity contribution in [3.8, 4) is 0 Å². The lowest BCUT2D eigenvalue weighted by Crippen LogP contribution is -2.55. The molecule has 2 aliphatic rings. The summed E-state index contributed by atoms with van der Waals surface area (Å²) in [5, 5.41) is 0. The largest absolute Gasteiger partial charge is 0.444 e. The molecule has 120 valence electrons. The molecule has 2 fully saturated rings. The van der Waals surface area contributed by atoms with Crippen LogP contribution in [0.15, 0.2) is 0 Å². The van der Waals surface area contributed by atoms with Crippen molar-refractivity contribution in [2.24, 2.45) is 0 Å². The van der Waals surface area contributed by atoms with Gasteiger partial charge in [-0.05, 0) is 40.0 Å². The fourth-order valence-electron chi connectivity index (χ4n) is 2.72. The molecule has 0 N–H and O–H groups in total. The third kappa shape index (κ3) is 4.33. The third-order valence-electron chi connectivity index (χ3n) is 3.74. The van der Waals surface area contributed by atoms with Gasteiger partial charge in [0, 0.05) is 19.6 Å². The summed E-state index contributed by atoms with van der Waals surface area (Å²) < 4.78 is 10.7. The standard InChI is InChI=1S/C15H26N2O4/c1-15(2,3)21-14(19)17-7-5-4-6-12(17)13(18)16-8-10-20-11-9-16/h12H,4-11H2,1-3H3/t12-/m0/s1. The molecule has 1 atom stereocenters. The topological polar surface area (TPSA) is 59.1 Å². The Morgan fingerprint density at radius 1 is 1.10 bits per heavy atom. The van der Waals surface area contributed by atoms with Gasteiger partial charge in [-0.1, -0.05) is 0 Å². The second-order valence-corrected chi connectivity index (χ2v) is 6.62. The number of ether oxygens (including phenoxy) is 2. The summed E-state index contributed by atoms with van der Waals surface area (Å²) in [6, 6.07) is -0.383. The molecule has 2 saturated heterocycles. The Morgan fingerprint density at radius 2 is 1.76 bits per heavy atom. The maximum absolute atomic E-state index is 12.7. The molecule has 0 unspecified atom stereocenters. The predicted octanol–water partition coefficient (Wildman–Crippen LogP) is 1.63. The monoisotopic (exact) mass is 298 g/mol. The van der Waals surface area contributed by atoms with Crippen molar-refractivity contribution >= 4 is 12.0 Å². The van der Waals surface area contributed by atoms with Gasteiger partial charge in [0.1, 0.15) is 11.6 Å². The number of hydrogen-bond donors (Lipinski definition) is 0. The molecule has 2 heterocycles. The normalized spacial score (nSPS) is 23.9. The van der Waals surface area contributed by atoms with Gasteiger partial charge in [-0.3, -0.25) is 9.69 Å². The Kier molecular flexibility index (Phi) is 5.08. The summed E-state index contributed by atoms with van der Waals surface area (Å²) in [5.74, 6) is 0.0314. The summed E-state index contributed by atoms with van der Waals surface area (Å²) in [7, 11) is 0. The van der Waals surface area contributed by atoms with Gasteiger partial charge in [-0.15, -0.1) is 0 Å². The minimum atomic E-state index is -0.541. The van der Waals surface area contributed by atoms with Gasteiger partial charge in [-0.25, -0.2) is 4.79 Å². The molecular weight excluding hydrogens is 272 g/mol. The van der Waals surface area contributed by atoms with Crippen molar-refractivity contribution in [3.63, 3.8) is 0 Å². The summed E-state index contributed by atoms with van der Waals surface area (Å²) >= 11 is 0. The molecule has 0 bridgehead atoms. The number of morpholine rings is 1. The Balaban J connectivity index is 2.04. The maximum Gasteiger partial charge on any atom is 0.410 e. The maximum atomic E-state index is 12.7. The fraction of sp³-hybridized carbons (Fsp3) is 0.867. The number of rotatable bonds is 1. The van der Waals surface area contributed by atoms with E-state index in [-0.39, 0.29) is 18.0 Å². The Labute approximate surface area is 126 Å². The van der Waals surface area contributed by atoms with Gasteiger partial charge >= 0.3 is 6.09 Å². The first-order valence-corrected chi connectivity index (χ1v) is 7.74. The van der Waals surface area contributed by atoms with E-state index in [2.05, 4.69) is 0 Å². The van der Waals surface area contributed by atoms with Crippen LogP contribution in [-0.4, -0.2) is 66.3 Å². The van der Waals surface area contributed by atoms with Crippen molar-refractivity contribution in [2.45, 2.75) is 51.7 Å². The number of hydrogen-bond acceptors (Lipinski definition) is 4. The number of likely N-dealkylation sites (tertiary alicyclic amines) is 1. The second kappa shape index (κ2) is 6.64. The second-order valence-electron chi connectivity index (χ2n) is 6.62. The Bertz CT molecular complexity index is 386. The lowest BCUT2D eigenvalue weighted by atomic mass is 10.0. The van der Waals surface area contributed by atoms with E-state index < -0.39 is 5.60 Å². The van der Waals surface area contributed by atoms with Crippen LogP contribution >= 0.6 is 0 Å². The van der Waals surface area contributed by atoms with E-state index in [1.54, 1.807) is 9.80 Å². The fourth-order valence-corrected chi connectivity index (χ4v) is 2.72. The van der Waals surface area contributed by atoms with Crippen molar-refractivity contribution in [2.75, 3.05) is 32.8 Å². The molecule has 0 saturated carbocycles. The van der Waals surface area contributed by atoms with Gasteiger partial charge < -0.3 is 14.4 Å². The molecule has 2 aliphatic heterocycles. The first-order chi connectivity index (χ1) is 9.88. The molecule has 0 aliphatic carbocycles. The van der Waals surface area contributed by atoms with Crippen LogP contribution in [0, 0.1) is 0 Å². The first-order valence-electron chi connectivity index (χ1n) is 7.74. The average Bonchev–Trinajstić information content (AvgIpc) is 2.45. The van der Waals surface area contributed by atoms with Gasteiger partial charge in [-0.2, -0.15) is 0 Å². The molecule has 0 spiro atoms. The van der Waals surface area contributed by atoms with Crippen LogP contribution in [0.2, 0.25) is 0 Å². The Hall–Kier alpha value is -1.30. The first kappa shape index (κ1) is 16.1. The van der Waals surface area contributed by atoms with E-state index in [9.17, 15) is 9.59 Å². The highest BCUT2D eigenvalue weighted by Crippen LogP contribution is 2.22. The van der Waals surface area contributed by atoms with Crippen molar-refractivity contribution in [3.05, 3.63) is 0 Å².